The number of nitrogens with zero attached hydrogens (tertiary/aromatic N) is 1. The molecular weight excluding hydrogens is 328 g/mol. The van der Waals surface area contributed by atoms with Crippen LogP contribution in [0.2, 0.25) is 0 Å². The first-order valence-corrected chi connectivity index (χ1v) is 6.96. The Morgan fingerprint density at radius 1 is 1.45 bits per heavy atom. The fourth-order valence-electron chi connectivity index (χ4n) is 2.20. The molecule has 20 heavy (non-hydrogen) atoms. The van der Waals surface area contributed by atoms with Gasteiger partial charge in [-0.1, -0.05) is 28.1 Å². The van der Waals surface area contributed by atoms with E-state index in [9.17, 15) is 14.7 Å². The lowest BCUT2D eigenvalue weighted by molar-refractivity contribution is -0.141. The Bertz CT molecular complexity index is 523. The zero-order valence-electron chi connectivity index (χ0n) is 10.6. The lowest BCUT2D eigenvalue weighted by atomic mass is 10.2. The second kappa shape index (κ2) is 6.23. The van der Waals surface area contributed by atoms with Crippen molar-refractivity contribution in [1.82, 2.24) is 10.2 Å². The molecule has 0 aromatic heterocycles. The largest absolute Gasteiger partial charge is 0.480 e. The lowest BCUT2D eigenvalue weighted by Gasteiger charge is -2.21. The molecule has 0 aliphatic carbocycles. The average molecular weight is 343 g/mol. The molecule has 0 radical (unpaired) electrons. The van der Waals surface area contributed by atoms with Crippen LogP contribution in [-0.4, -0.2) is 45.8 Å². The molecule has 0 spiro atoms. The van der Waals surface area contributed by atoms with E-state index in [0.29, 0.717) is 6.54 Å². The molecule has 1 unspecified atom stereocenters. The number of carbonyl (C=O) groups is 2. The molecule has 7 heteroatoms. The Kier molecular flexibility index (Phi) is 4.61. The number of hydrogen-bond donors (Lipinski definition) is 3. The summed E-state index contributed by atoms with van der Waals surface area (Å²) in [6.07, 6.45) is -0.715. The van der Waals surface area contributed by atoms with E-state index in [-0.39, 0.29) is 13.0 Å². The lowest BCUT2D eigenvalue weighted by Crippen LogP contribution is -2.45. The smallest absolute Gasteiger partial charge is 0.326 e. The fourth-order valence-corrected chi connectivity index (χ4v) is 2.65. The number of carboxylic acid groups (broad SMARTS) is 1. The summed E-state index contributed by atoms with van der Waals surface area (Å²) in [7, 11) is 0. The van der Waals surface area contributed by atoms with E-state index in [1.165, 1.54) is 0 Å². The maximum atomic E-state index is 12.0. The molecule has 1 aliphatic heterocycles. The predicted octanol–water partition coefficient (Wildman–Crippen LogP) is 1.18. The van der Waals surface area contributed by atoms with E-state index in [2.05, 4.69) is 21.2 Å². The number of rotatable bonds is 3. The van der Waals surface area contributed by atoms with Gasteiger partial charge in [-0.05, 0) is 17.7 Å². The molecule has 0 saturated carbocycles. The van der Waals surface area contributed by atoms with Crippen LogP contribution in [0.3, 0.4) is 0 Å². The third-order valence-electron chi connectivity index (χ3n) is 3.16. The highest BCUT2D eigenvalue weighted by Crippen LogP contribution is 2.18. The molecule has 1 fully saturated rings. The van der Waals surface area contributed by atoms with Crippen LogP contribution < -0.4 is 5.32 Å². The molecule has 0 bridgehead atoms. The number of nitrogens with one attached hydrogen (secondary N) is 1. The van der Waals surface area contributed by atoms with Gasteiger partial charge in [-0.15, -0.1) is 0 Å². The van der Waals surface area contributed by atoms with Crippen molar-refractivity contribution >= 4 is 27.9 Å². The van der Waals surface area contributed by atoms with Gasteiger partial charge in [0, 0.05) is 24.0 Å². The van der Waals surface area contributed by atoms with Gasteiger partial charge in [0.2, 0.25) is 0 Å². The van der Waals surface area contributed by atoms with Gasteiger partial charge in [-0.3, -0.25) is 0 Å². The minimum absolute atomic E-state index is 0.0429. The van der Waals surface area contributed by atoms with E-state index in [1.54, 1.807) is 0 Å². The van der Waals surface area contributed by atoms with E-state index >= 15 is 0 Å². The predicted molar refractivity (Wildman–Crippen MR) is 75.1 cm³/mol. The standard InChI is InChI=1S/C13H15BrN2O4/c14-9-3-1-2-8(4-9)6-15-13(20)16-7-10(17)5-11(16)12(18)19/h1-4,10-11,17H,5-7H2,(H,15,20)(H,18,19)/t10?,11-/m0/s1. The normalized spacial score (nSPS) is 21.8. The van der Waals surface area contributed by atoms with Gasteiger partial charge in [0.05, 0.1) is 6.10 Å². The number of likely N-dealkylation sites (tertiary alicyclic amines) is 1. The highest BCUT2D eigenvalue weighted by Gasteiger charge is 2.38. The number of carbonyl (C=O) groups excluding carboxylic acids is 1. The number of aliphatic carboxylic acids is 1. The van der Waals surface area contributed by atoms with E-state index < -0.39 is 24.1 Å². The summed E-state index contributed by atoms with van der Waals surface area (Å²) in [6, 6.07) is 6.02. The van der Waals surface area contributed by atoms with Gasteiger partial charge < -0.3 is 20.4 Å². The van der Waals surface area contributed by atoms with Crippen LogP contribution in [0.5, 0.6) is 0 Å². The van der Waals surface area contributed by atoms with Gasteiger partial charge in [-0.2, -0.15) is 0 Å². The van der Waals surface area contributed by atoms with Crippen molar-refractivity contribution in [2.45, 2.75) is 25.1 Å². The Balaban J connectivity index is 1.96. The minimum Gasteiger partial charge on any atom is -0.480 e. The summed E-state index contributed by atoms with van der Waals surface area (Å²) >= 11 is 3.34. The Hall–Kier alpha value is -1.60. The summed E-state index contributed by atoms with van der Waals surface area (Å²) in [5.74, 6) is -1.10. The third-order valence-corrected chi connectivity index (χ3v) is 3.65. The van der Waals surface area contributed by atoms with E-state index in [4.69, 9.17) is 5.11 Å². The number of amides is 2. The van der Waals surface area contributed by atoms with Crippen LogP contribution in [0.15, 0.2) is 28.7 Å². The molecule has 3 N–H and O–H groups in total. The van der Waals surface area contributed by atoms with Crippen LogP contribution >= 0.6 is 15.9 Å². The summed E-state index contributed by atoms with van der Waals surface area (Å²) in [5.41, 5.74) is 0.902. The highest BCUT2D eigenvalue weighted by atomic mass is 79.9. The topological polar surface area (TPSA) is 89.9 Å². The van der Waals surface area contributed by atoms with Crippen LogP contribution in [-0.2, 0) is 11.3 Å². The highest BCUT2D eigenvalue weighted by molar-refractivity contribution is 9.10. The molecule has 1 saturated heterocycles. The molecular formula is C13H15BrN2O4. The molecule has 2 atom stereocenters. The second-order valence-corrected chi connectivity index (χ2v) is 5.60. The maximum Gasteiger partial charge on any atom is 0.326 e. The SMILES string of the molecule is O=C(O)[C@@H]1CC(O)CN1C(=O)NCc1cccc(Br)c1. The van der Waals surface area contributed by atoms with Crippen molar-refractivity contribution in [2.24, 2.45) is 0 Å². The first-order valence-electron chi connectivity index (χ1n) is 6.17. The number of aliphatic hydroxyl groups excluding tert-OH is 1. The van der Waals surface area contributed by atoms with E-state index in [0.717, 1.165) is 14.9 Å². The van der Waals surface area contributed by atoms with E-state index in [1.807, 2.05) is 24.3 Å². The minimum atomic E-state index is -1.10. The van der Waals surface area contributed by atoms with Crippen molar-refractivity contribution in [3.8, 4) is 0 Å². The molecule has 1 aromatic carbocycles. The molecule has 2 amide bonds. The monoisotopic (exact) mass is 342 g/mol. The Morgan fingerprint density at radius 3 is 2.85 bits per heavy atom. The van der Waals surface area contributed by atoms with Gasteiger partial charge in [0.25, 0.3) is 0 Å². The molecule has 1 aromatic rings. The van der Waals surface area contributed by atoms with Gasteiger partial charge in [0.15, 0.2) is 0 Å². The van der Waals surface area contributed by atoms with Crippen LogP contribution in [0.25, 0.3) is 0 Å². The van der Waals surface area contributed by atoms with Crippen LogP contribution in [0, 0.1) is 0 Å². The van der Waals surface area contributed by atoms with Gasteiger partial charge >= 0.3 is 12.0 Å². The first kappa shape index (κ1) is 14.8. The zero-order valence-corrected chi connectivity index (χ0v) is 12.2. The molecule has 1 heterocycles. The summed E-state index contributed by atoms with van der Waals surface area (Å²) < 4.78 is 0.907. The van der Waals surface area contributed by atoms with Crippen LogP contribution in [0.1, 0.15) is 12.0 Å². The van der Waals surface area contributed by atoms with Gasteiger partial charge in [-0.25, -0.2) is 9.59 Å². The number of urea groups is 1. The maximum absolute atomic E-state index is 12.0. The summed E-state index contributed by atoms with van der Waals surface area (Å²) in [4.78, 5) is 24.2. The zero-order chi connectivity index (χ0) is 14.7. The molecule has 108 valence electrons. The van der Waals surface area contributed by atoms with Crippen molar-refractivity contribution in [1.29, 1.82) is 0 Å². The number of benzene rings is 1. The average Bonchev–Trinajstić information content (AvgIpc) is 2.78. The van der Waals surface area contributed by atoms with Crippen molar-refractivity contribution in [3.63, 3.8) is 0 Å². The molecule has 6 nitrogen and oxygen atoms in total. The van der Waals surface area contributed by atoms with Crippen LogP contribution in [0.4, 0.5) is 4.79 Å². The van der Waals surface area contributed by atoms with Crippen molar-refractivity contribution in [3.05, 3.63) is 34.3 Å². The van der Waals surface area contributed by atoms with Crippen molar-refractivity contribution < 1.29 is 19.8 Å². The Morgan fingerprint density at radius 2 is 2.20 bits per heavy atom. The summed E-state index contributed by atoms with van der Waals surface area (Å²) in [5, 5.41) is 21.2. The third kappa shape index (κ3) is 3.49. The quantitative estimate of drug-likeness (QED) is 0.769. The fraction of sp³-hybridized carbons (Fsp3) is 0.385. The number of halogens is 1. The van der Waals surface area contributed by atoms with Gasteiger partial charge in [0.1, 0.15) is 6.04 Å². The Labute approximate surface area is 124 Å². The van der Waals surface area contributed by atoms with Crippen molar-refractivity contribution in [2.75, 3.05) is 6.54 Å². The number of aliphatic hydroxyl groups is 1. The number of carboxylic acids is 1. The molecule has 1 aliphatic rings. The second-order valence-electron chi connectivity index (χ2n) is 4.68. The summed E-state index contributed by atoms with van der Waals surface area (Å²) in [6.45, 7) is 0.346. The molecule has 2 rings (SSSR count). The first-order chi connectivity index (χ1) is 9.47. The number of β-amino-alcohol motifs (C(OH)–C–C–N with tert-alkyl or cyclic N) is 1. The number of hydrogen-bond acceptors (Lipinski definition) is 3.